The molecular formula is C24H21NO7. The van der Waals surface area contributed by atoms with Gasteiger partial charge in [0, 0.05) is 21.5 Å². The van der Waals surface area contributed by atoms with Crippen LogP contribution in [0.4, 0.5) is 0 Å². The van der Waals surface area contributed by atoms with Gasteiger partial charge in [0.25, 0.3) is 0 Å². The Morgan fingerprint density at radius 2 is 1.66 bits per heavy atom. The van der Waals surface area contributed by atoms with Crippen LogP contribution < -0.4 is 23.7 Å². The zero-order valence-electron chi connectivity index (χ0n) is 17.9. The Labute approximate surface area is 183 Å². The molecule has 8 heteroatoms. The second kappa shape index (κ2) is 7.96. The highest BCUT2D eigenvalue weighted by Crippen LogP contribution is 2.43. The van der Waals surface area contributed by atoms with Crippen LogP contribution in [0, 0.1) is 0 Å². The molecule has 164 valence electrons. The van der Waals surface area contributed by atoms with E-state index in [2.05, 4.69) is 0 Å². The van der Waals surface area contributed by atoms with Crippen LogP contribution in [0.2, 0.25) is 0 Å². The molecule has 4 aromatic rings. The first-order chi connectivity index (χ1) is 15.6. The van der Waals surface area contributed by atoms with E-state index in [1.807, 2.05) is 30.3 Å². The van der Waals surface area contributed by atoms with Gasteiger partial charge in [0.2, 0.25) is 12.7 Å². The van der Waals surface area contributed by atoms with Crippen LogP contribution in [0.15, 0.2) is 36.4 Å². The molecule has 1 aliphatic heterocycles. The van der Waals surface area contributed by atoms with Crippen LogP contribution in [0.3, 0.4) is 0 Å². The van der Waals surface area contributed by atoms with Crippen molar-refractivity contribution in [3.8, 4) is 28.9 Å². The zero-order chi connectivity index (χ0) is 22.2. The molecule has 5 rings (SSSR count). The van der Waals surface area contributed by atoms with E-state index in [0.717, 1.165) is 21.5 Å². The Bertz CT molecular complexity index is 1370. The Balaban J connectivity index is 1.79. The van der Waals surface area contributed by atoms with Crippen LogP contribution in [0.5, 0.6) is 28.9 Å². The number of esters is 1. The van der Waals surface area contributed by atoms with E-state index in [9.17, 15) is 4.79 Å². The maximum Gasteiger partial charge on any atom is 0.344 e. The highest BCUT2D eigenvalue weighted by Gasteiger charge is 2.20. The third-order valence-electron chi connectivity index (χ3n) is 5.37. The molecule has 3 aromatic carbocycles. The van der Waals surface area contributed by atoms with Gasteiger partial charge in [0.05, 0.1) is 26.3 Å². The van der Waals surface area contributed by atoms with Crippen molar-refractivity contribution < 1.29 is 33.2 Å². The smallest absolute Gasteiger partial charge is 0.344 e. The van der Waals surface area contributed by atoms with Crippen LogP contribution in [-0.2, 0) is 9.53 Å². The third kappa shape index (κ3) is 3.24. The van der Waals surface area contributed by atoms with Gasteiger partial charge in [0.15, 0.2) is 29.6 Å². The van der Waals surface area contributed by atoms with Crippen molar-refractivity contribution >= 4 is 38.4 Å². The van der Waals surface area contributed by atoms with E-state index in [1.165, 1.54) is 0 Å². The standard InChI is InChI=1S/C24H21NO7/c1-4-29-22(26)11-30-24-17-10-19(28-3)18(27-2)9-16(17)14-6-5-13-7-20-21(32-12-31-20)8-15(13)23(14)25-24/h5-10H,4,11-12H2,1-3H3. The quantitative estimate of drug-likeness (QED) is 0.329. The van der Waals surface area contributed by atoms with Crippen molar-refractivity contribution in [1.29, 1.82) is 0 Å². The molecule has 32 heavy (non-hydrogen) atoms. The topological polar surface area (TPSA) is 85.3 Å². The molecule has 1 aliphatic rings. The summed E-state index contributed by atoms with van der Waals surface area (Å²) in [5.74, 6) is 2.30. The third-order valence-corrected chi connectivity index (χ3v) is 5.37. The number of ether oxygens (including phenoxy) is 6. The molecule has 0 saturated heterocycles. The predicted octanol–water partition coefficient (Wildman–Crippen LogP) is 4.23. The number of carbonyl (C=O) groups is 1. The highest BCUT2D eigenvalue weighted by atomic mass is 16.7. The molecule has 8 nitrogen and oxygen atoms in total. The molecule has 0 bridgehead atoms. The molecule has 0 fully saturated rings. The van der Waals surface area contributed by atoms with Gasteiger partial charge in [-0.05, 0) is 36.6 Å². The molecule has 0 spiro atoms. The summed E-state index contributed by atoms with van der Waals surface area (Å²) in [6.07, 6.45) is 0. The number of rotatable bonds is 6. The number of hydrogen-bond donors (Lipinski definition) is 0. The molecule has 0 radical (unpaired) electrons. The number of pyridine rings is 1. The van der Waals surface area contributed by atoms with Crippen molar-refractivity contribution in [3.63, 3.8) is 0 Å². The summed E-state index contributed by atoms with van der Waals surface area (Å²) < 4.78 is 32.9. The zero-order valence-corrected chi connectivity index (χ0v) is 17.9. The van der Waals surface area contributed by atoms with E-state index in [4.69, 9.17) is 33.4 Å². The van der Waals surface area contributed by atoms with Gasteiger partial charge >= 0.3 is 5.97 Å². The fourth-order valence-corrected chi connectivity index (χ4v) is 3.92. The number of hydrogen-bond acceptors (Lipinski definition) is 8. The second-order valence-electron chi connectivity index (χ2n) is 7.15. The van der Waals surface area contributed by atoms with Gasteiger partial charge in [-0.15, -0.1) is 0 Å². The number of methoxy groups -OCH3 is 2. The average molecular weight is 435 g/mol. The maximum absolute atomic E-state index is 11.9. The van der Waals surface area contributed by atoms with Crippen LogP contribution >= 0.6 is 0 Å². The normalized spacial score (nSPS) is 12.3. The van der Waals surface area contributed by atoms with Crippen LogP contribution in [0.25, 0.3) is 32.4 Å². The monoisotopic (exact) mass is 435 g/mol. The molecule has 0 saturated carbocycles. The summed E-state index contributed by atoms with van der Waals surface area (Å²) in [4.78, 5) is 16.7. The van der Waals surface area contributed by atoms with Crippen molar-refractivity contribution in [1.82, 2.24) is 4.98 Å². The Kier molecular flexibility index (Phi) is 4.97. The van der Waals surface area contributed by atoms with Gasteiger partial charge in [-0.1, -0.05) is 12.1 Å². The second-order valence-corrected chi connectivity index (χ2v) is 7.15. The van der Waals surface area contributed by atoms with E-state index in [1.54, 1.807) is 27.2 Å². The molecule has 0 atom stereocenters. The number of nitrogens with zero attached hydrogens (tertiary/aromatic N) is 1. The van der Waals surface area contributed by atoms with E-state index < -0.39 is 5.97 Å². The number of benzene rings is 3. The van der Waals surface area contributed by atoms with Gasteiger partial charge in [-0.3, -0.25) is 0 Å². The van der Waals surface area contributed by atoms with E-state index >= 15 is 0 Å². The summed E-state index contributed by atoms with van der Waals surface area (Å²) in [5.41, 5.74) is 0.708. The molecule has 0 aliphatic carbocycles. The largest absolute Gasteiger partial charge is 0.493 e. The number of fused-ring (bicyclic) bond motifs is 6. The lowest BCUT2D eigenvalue weighted by Gasteiger charge is -2.15. The Hall–Kier alpha value is -3.94. The fourth-order valence-electron chi connectivity index (χ4n) is 3.92. The average Bonchev–Trinajstić information content (AvgIpc) is 3.27. The Morgan fingerprint density at radius 3 is 2.38 bits per heavy atom. The van der Waals surface area contributed by atoms with Gasteiger partial charge in [-0.25, -0.2) is 9.78 Å². The summed E-state index contributed by atoms with van der Waals surface area (Å²) in [5, 5.41) is 4.27. The highest BCUT2D eigenvalue weighted by molar-refractivity contribution is 6.17. The summed E-state index contributed by atoms with van der Waals surface area (Å²) in [6, 6.07) is 11.5. The number of aromatic nitrogens is 1. The van der Waals surface area contributed by atoms with Crippen molar-refractivity contribution in [3.05, 3.63) is 36.4 Å². The van der Waals surface area contributed by atoms with Gasteiger partial charge in [0.1, 0.15) is 0 Å². The summed E-state index contributed by atoms with van der Waals surface area (Å²) in [7, 11) is 3.15. The first-order valence-corrected chi connectivity index (χ1v) is 10.1. The van der Waals surface area contributed by atoms with Gasteiger partial charge < -0.3 is 28.4 Å². The maximum atomic E-state index is 11.9. The lowest BCUT2D eigenvalue weighted by atomic mass is 10.0. The predicted molar refractivity (Wildman–Crippen MR) is 118 cm³/mol. The van der Waals surface area contributed by atoms with Gasteiger partial charge in [-0.2, -0.15) is 0 Å². The van der Waals surface area contributed by atoms with Crippen LogP contribution in [-0.4, -0.2) is 45.2 Å². The summed E-state index contributed by atoms with van der Waals surface area (Å²) in [6.45, 7) is 1.95. The minimum Gasteiger partial charge on any atom is -0.493 e. The van der Waals surface area contributed by atoms with Crippen molar-refractivity contribution in [2.24, 2.45) is 0 Å². The van der Waals surface area contributed by atoms with E-state index in [0.29, 0.717) is 39.8 Å². The fraction of sp³-hybridized carbons (Fsp3) is 0.250. The molecule has 0 N–H and O–H groups in total. The SMILES string of the molecule is CCOC(=O)COc1nc2c3cc4c(cc3ccc2c2cc(OC)c(OC)cc12)OCO4. The first-order valence-electron chi connectivity index (χ1n) is 10.1. The van der Waals surface area contributed by atoms with Crippen molar-refractivity contribution in [2.75, 3.05) is 34.2 Å². The first kappa shape index (κ1) is 20.0. The minimum absolute atomic E-state index is 0.185. The summed E-state index contributed by atoms with van der Waals surface area (Å²) >= 11 is 0. The molecule has 2 heterocycles. The molecule has 0 amide bonds. The molecule has 0 unspecified atom stereocenters. The minimum atomic E-state index is -0.468. The lowest BCUT2D eigenvalue weighted by Crippen LogP contribution is -2.15. The molecular weight excluding hydrogens is 414 g/mol. The van der Waals surface area contributed by atoms with Crippen LogP contribution in [0.1, 0.15) is 6.92 Å². The lowest BCUT2D eigenvalue weighted by molar-refractivity contribution is -0.145. The Morgan fingerprint density at radius 1 is 0.938 bits per heavy atom. The van der Waals surface area contributed by atoms with E-state index in [-0.39, 0.29) is 20.0 Å². The molecule has 1 aromatic heterocycles. The van der Waals surface area contributed by atoms with Crippen molar-refractivity contribution in [2.45, 2.75) is 6.92 Å². The number of carbonyl (C=O) groups excluding carboxylic acids is 1.